The minimum atomic E-state index is -0.239. The Balaban J connectivity index is 2.00. The van der Waals surface area contributed by atoms with Gasteiger partial charge in [-0.2, -0.15) is 0 Å². The van der Waals surface area contributed by atoms with Crippen LogP contribution in [0.3, 0.4) is 0 Å². The standard InChI is InChI=1S/C14H7Br2ClN2OS/c15-7-1-2-8(9(16)5-7)14(20)19-12-10(17)3-4-11-13(12)18-6-21-11/h1-6H,(H,19,20). The van der Waals surface area contributed by atoms with Crippen molar-refractivity contribution >= 4 is 76.6 Å². The molecule has 3 rings (SSSR count). The molecule has 0 saturated carbocycles. The highest BCUT2D eigenvalue weighted by atomic mass is 79.9. The van der Waals surface area contributed by atoms with E-state index in [9.17, 15) is 4.79 Å². The van der Waals surface area contributed by atoms with Crippen molar-refractivity contribution in [1.29, 1.82) is 0 Å². The number of nitrogens with zero attached hydrogens (tertiary/aromatic N) is 1. The van der Waals surface area contributed by atoms with Crippen LogP contribution in [-0.4, -0.2) is 10.9 Å². The molecule has 1 heterocycles. The lowest BCUT2D eigenvalue weighted by Crippen LogP contribution is -2.13. The molecule has 0 aliphatic carbocycles. The molecule has 0 fully saturated rings. The molecule has 0 unspecified atom stereocenters. The van der Waals surface area contributed by atoms with Crippen molar-refractivity contribution in [2.24, 2.45) is 0 Å². The molecule has 0 atom stereocenters. The monoisotopic (exact) mass is 444 g/mol. The van der Waals surface area contributed by atoms with E-state index >= 15 is 0 Å². The summed E-state index contributed by atoms with van der Waals surface area (Å²) in [6.45, 7) is 0. The van der Waals surface area contributed by atoms with Crippen LogP contribution in [0.5, 0.6) is 0 Å². The maximum atomic E-state index is 12.4. The van der Waals surface area contributed by atoms with Gasteiger partial charge in [0.25, 0.3) is 5.91 Å². The van der Waals surface area contributed by atoms with E-state index in [1.165, 1.54) is 11.3 Å². The van der Waals surface area contributed by atoms with Crippen LogP contribution >= 0.6 is 54.8 Å². The largest absolute Gasteiger partial charge is 0.319 e. The zero-order valence-electron chi connectivity index (χ0n) is 10.4. The summed E-state index contributed by atoms with van der Waals surface area (Å²) in [5.74, 6) is -0.239. The number of aromatic nitrogens is 1. The third-order valence-electron chi connectivity index (χ3n) is 2.87. The first kappa shape index (κ1) is 15.0. The molecule has 21 heavy (non-hydrogen) atoms. The number of nitrogens with one attached hydrogen (secondary N) is 1. The fourth-order valence-electron chi connectivity index (χ4n) is 1.88. The molecule has 0 spiro atoms. The van der Waals surface area contributed by atoms with Gasteiger partial charge < -0.3 is 5.32 Å². The molecule has 1 N–H and O–H groups in total. The lowest BCUT2D eigenvalue weighted by Gasteiger charge is -2.09. The van der Waals surface area contributed by atoms with Gasteiger partial charge in [-0.1, -0.05) is 27.5 Å². The summed E-state index contributed by atoms with van der Waals surface area (Å²) in [5, 5.41) is 3.31. The van der Waals surface area contributed by atoms with Crippen LogP contribution in [0.2, 0.25) is 5.02 Å². The van der Waals surface area contributed by atoms with Crippen molar-refractivity contribution in [2.45, 2.75) is 0 Å². The average molecular weight is 447 g/mol. The molecule has 1 amide bonds. The fourth-order valence-corrected chi connectivity index (χ4v) is 3.99. The van der Waals surface area contributed by atoms with E-state index in [4.69, 9.17) is 11.6 Å². The van der Waals surface area contributed by atoms with Crippen molar-refractivity contribution in [1.82, 2.24) is 4.98 Å². The smallest absolute Gasteiger partial charge is 0.256 e. The molecule has 2 aromatic carbocycles. The molecule has 3 aromatic rings. The number of carbonyl (C=O) groups excluding carboxylic acids is 1. The SMILES string of the molecule is O=C(Nc1c(Cl)ccc2scnc12)c1ccc(Br)cc1Br. The predicted octanol–water partition coefficient (Wildman–Crippen LogP) is 5.73. The van der Waals surface area contributed by atoms with Crippen LogP contribution in [0.15, 0.2) is 44.8 Å². The second-order valence-corrected chi connectivity index (χ2v) is 7.26. The maximum absolute atomic E-state index is 12.4. The van der Waals surface area contributed by atoms with Crippen LogP contribution in [0.1, 0.15) is 10.4 Å². The highest BCUT2D eigenvalue weighted by Gasteiger charge is 2.15. The third kappa shape index (κ3) is 2.99. The van der Waals surface area contributed by atoms with Gasteiger partial charge in [0.05, 0.1) is 26.5 Å². The summed E-state index contributed by atoms with van der Waals surface area (Å²) in [5.41, 5.74) is 3.50. The van der Waals surface area contributed by atoms with Crippen molar-refractivity contribution in [3.63, 3.8) is 0 Å². The van der Waals surface area contributed by atoms with Crippen LogP contribution in [0, 0.1) is 0 Å². The first-order chi connectivity index (χ1) is 10.1. The van der Waals surface area contributed by atoms with Crippen LogP contribution in [0.25, 0.3) is 10.2 Å². The Morgan fingerprint density at radius 3 is 2.81 bits per heavy atom. The fraction of sp³-hybridized carbons (Fsp3) is 0. The highest BCUT2D eigenvalue weighted by Crippen LogP contribution is 2.33. The second-order valence-electron chi connectivity index (χ2n) is 4.20. The van der Waals surface area contributed by atoms with Gasteiger partial charge in [0.15, 0.2) is 0 Å². The molecule has 0 aliphatic heterocycles. The summed E-state index contributed by atoms with van der Waals surface area (Å²) in [6, 6.07) is 9.01. The minimum absolute atomic E-state index is 0.239. The lowest BCUT2D eigenvalue weighted by atomic mass is 10.2. The number of halogens is 3. The van der Waals surface area contributed by atoms with Gasteiger partial charge in [0, 0.05) is 8.95 Å². The lowest BCUT2D eigenvalue weighted by molar-refractivity contribution is 0.102. The Labute approximate surface area is 146 Å². The summed E-state index contributed by atoms with van der Waals surface area (Å²) in [7, 11) is 0. The molecule has 0 aliphatic rings. The van der Waals surface area contributed by atoms with Gasteiger partial charge in [-0.05, 0) is 46.3 Å². The Kier molecular flexibility index (Phi) is 4.31. The summed E-state index contributed by atoms with van der Waals surface area (Å²) < 4.78 is 2.58. The minimum Gasteiger partial charge on any atom is -0.319 e. The van der Waals surface area contributed by atoms with Gasteiger partial charge >= 0.3 is 0 Å². The third-order valence-corrected chi connectivity index (χ3v) is 5.12. The quantitative estimate of drug-likeness (QED) is 0.547. The van der Waals surface area contributed by atoms with Crippen molar-refractivity contribution in [3.8, 4) is 0 Å². The predicted molar refractivity (Wildman–Crippen MR) is 94.4 cm³/mol. The van der Waals surface area contributed by atoms with Gasteiger partial charge in [0.1, 0.15) is 5.52 Å². The number of thiazole rings is 1. The highest BCUT2D eigenvalue weighted by molar-refractivity contribution is 9.11. The van der Waals surface area contributed by atoms with Gasteiger partial charge in [-0.3, -0.25) is 4.79 Å². The molecule has 0 bridgehead atoms. The van der Waals surface area contributed by atoms with Crippen molar-refractivity contribution < 1.29 is 4.79 Å². The number of benzene rings is 2. The number of rotatable bonds is 2. The molecular weight excluding hydrogens is 439 g/mol. The number of fused-ring (bicyclic) bond motifs is 1. The summed E-state index contributed by atoms with van der Waals surface area (Å²) in [4.78, 5) is 16.7. The zero-order valence-corrected chi connectivity index (χ0v) is 15.1. The van der Waals surface area contributed by atoms with E-state index in [1.807, 2.05) is 18.2 Å². The molecule has 3 nitrogen and oxygen atoms in total. The van der Waals surface area contributed by atoms with E-state index in [2.05, 4.69) is 42.2 Å². The first-order valence-corrected chi connectivity index (χ1v) is 8.69. The topological polar surface area (TPSA) is 42.0 Å². The molecule has 106 valence electrons. The van der Waals surface area contributed by atoms with E-state index in [-0.39, 0.29) is 5.91 Å². The normalized spacial score (nSPS) is 10.8. The van der Waals surface area contributed by atoms with Crippen LogP contribution in [0.4, 0.5) is 5.69 Å². The van der Waals surface area contributed by atoms with E-state index in [0.29, 0.717) is 26.3 Å². The molecule has 0 saturated heterocycles. The number of carbonyl (C=O) groups is 1. The van der Waals surface area contributed by atoms with Crippen molar-refractivity contribution in [2.75, 3.05) is 5.32 Å². The maximum Gasteiger partial charge on any atom is 0.256 e. The number of hydrogen-bond donors (Lipinski definition) is 1. The van der Waals surface area contributed by atoms with Crippen LogP contribution in [-0.2, 0) is 0 Å². The second kappa shape index (κ2) is 6.04. The van der Waals surface area contributed by atoms with Gasteiger partial charge in [0.2, 0.25) is 0 Å². The molecule has 1 aromatic heterocycles. The van der Waals surface area contributed by atoms with E-state index in [0.717, 1.165) is 9.17 Å². The Morgan fingerprint density at radius 2 is 2.05 bits per heavy atom. The van der Waals surface area contributed by atoms with E-state index in [1.54, 1.807) is 17.6 Å². The van der Waals surface area contributed by atoms with Crippen molar-refractivity contribution in [3.05, 3.63) is 55.4 Å². The number of hydrogen-bond acceptors (Lipinski definition) is 3. The first-order valence-electron chi connectivity index (χ1n) is 5.84. The van der Waals surface area contributed by atoms with E-state index < -0.39 is 0 Å². The molecule has 0 radical (unpaired) electrons. The summed E-state index contributed by atoms with van der Waals surface area (Å²) >= 11 is 14.4. The summed E-state index contributed by atoms with van der Waals surface area (Å²) in [6.07, 6.45) is 0. The molecule has 7 heteroatoms. The van der Waals surface area contributed by atoms with Gasteiger partial charge in [-0.25, -0.2) is 4.98 Å². The van der Waals surface area contributed by atoms with Crippen LogP contribution < -0.4 is 5.32 Å². The molecular formula is C14H7Br2ClN2OS. The Hall–Kier alpha value is -0.950. The average Bonchev–Trinajstić information content (AvgIpc) is 2.90. The number of anilines is 1. The number of amides is 1. The Bertz CT molecular complexity index is 850. The zero-order chi connectivity index (χ0) is 15.0. The van der Waals surface area contributed by atoms with Gasteiger partial charge in [-0.15, -0.1) is 11.3 Å². The Morgan fingerprint density at radius 1 is 1.24 bits per heavy atom.